The van der Waals surface area contributed by atoms with Crippen LogP contribution in [-0.4, -0.2) is 63.3 Å². The van der Waals surface area contributed by atoms with Gasteiger partial charge in [-0.05, 0) is 42.8 Å². The van der Waals surface area contributed by atoms with E-state index in [0.29, 0.717) is 43.8 Å². The van der Waals surface area contributed by atoms with E-state index in [1.165, 1.54) is 16.4 Å². The molecule has 7 nitrogen and oxygen atoms in total. The van der Waals surface area contributed by atoms with Gasteiger partial charge in [-0.15, -0.1) is 11.8 Å². The molecular formula is C22H26N2O5S2. The van der Waals surface area contributed by atoms with Gasteiger partial charge in [-0.2, -0.15) is 4.31 Å². The minimum atomic E-state index is -3.55. The van der Waals surface area contributed by atoms with Crippen LogP contribution in [0.15, 0.2) is 58.3 Å². The number of amides is 1. The summed E-state index contributed by atoms with van der Waals surface area (Å²) in [5, 5.41) is 0.431. The molecule has 1 amide bonds. The predicted molar refractivity (Wildman–Crippen MR) is 120 cm³/mol. The maximum atomic E-state index is 12.9. The molecule has 1 saturated heterocycles. The number of nitrogens with zero attached hydrogens (tertiary/aromatic N) is 2. The van der Waals surface area contributed by atoms with Gasteiger partial charge in [-0.3, -0.25) is 4.79 Å². The van der Waals surface area contributed by atoms with Crippen LogP contribution in [0.3, 0.4) is 0 Å². The number of benzene rings is 2. The lowest BCUT2D eigenvalue weighted by Crippen LogP contribution is -2.40. The van der Waals surface area contributed by atoms with Gasteiger partial charge in [0.15, 0.2) is 6.61 Å². The Labute approximate surface area is 187 Å². The first-order valence-electron chi connectivity index (χ1n) is 10.3. The Hall–Kier alpha value is -2.07. The van der Waals surface area contributed by atoms with E-state index >= 15 is 0 Å². The van der Waals surface area contributed by atoms with E-state index in [9.17, 15) is 13.2 Å². The summed E-state index contributed by atoms with van der Waals surface area (Å²) in [6, 6.07) is 14.1. The molecule has 0 aliphatic carbocycles. The third-order valence-electron chi connectivity index (χ3n) is 5.34. The summed E-state index contributed by atoms with van der Waals surface area (Å²) in [4.78, 5) is 16.0. The quantitative estimate of drug-likeness (QED) is 0.680. The van der Waals surface area contributed by atoms with E-state index in [4.69, 9.17) is 9.47 Å². The van der Waals surface area contributed by atoms with Gasteiger partial charge in [0.1, 0.15) is 5.75 Å². The van der Waals surface area contributed by atoms with Crippen molar-refractivity contribution in [3.63, 3.8) is 0 Å². The Morgan fingerprint density at radius 2 is 1.81 bits per heavy atom. The Kier molecular flexibility index (Phi) is 6.86. The Morgan fingerprint density at radius 1 is 1.10 bits per heavy atom. The molecule has 0 aromatic heterocycles. The SMILES string of the molecule is C[C@H]1CCN(C(=O)COc2ccc(S(=O)(=O)N3CCOCC3)cc2)c2ccccc2S1. The number of hydrogen-bond acceptors (Lipinski definition) is 6. The number of para-hydroxylation sites is 1. The third-order valence-corrected chi connectivity index (χ3v) is 8.49. The Balaban J connectivity index is 1.41. The van der Waals surface area contributed by atoms with Gasteiger partial charge < -0.3 is 14.4 Å². The van der Waals surface area contributed by atoms with Crippen LogP contribution in [0.2, 0.25) is 0 Å². The lowest BCUT2D eigenvalue weighted by Gasteiger charge is -2.26. The topological polar surface area (TPSA) is 76.2 Å². The van der Waals surface area contributed by atoms with Crippen molar-refractivity contribution >= 4 is 33.4 Å². The van der Waals surface area contributed by atoms with Crippen LogP contribution in [0.1, 0.15) is 13.3 Å². The molecule has 0 bridgehead atoms. The zero-order valence-electron chi connectivity index (χ0n) is 17.4. The first-order chi connectivity index (χ1) is 14.9. The molecule has 2 aliphatic rings. The molecule has 0 N–H and O–H groups in total. The van der Waals surface area contributed by atoms with Gasteiger partial charge in [-0.25, -0.2) is 8.42 Å². The van der Waals surface area contributed by atoms with E-state index < -0.39 is 10.0 Å². The molecular weight excluding hydrogens is 436 g/mol. The zero-order valence-corrected chi connectivity index (χ0v) is 19.0. The number of ether oxygens (including phenoxy) is 2. The highest BCUT2D eigenvalue weighted by molar-refractivity contribution is 8.00. The summed E-state index contributed by atoms with van der Waals surface area (Å²) in [7, 11) is -3.55. The van der Waals surface area contributed by atoms with Crippen molar-refractivity contribution in [3.8, 4) is 5.75 Å². The maximum absolute atomic E-state index is 12.9. The number of morpholine rings is 1. The van der Waals surface area contributed by atoms with Crippen LogP contribution in [-0.2, 0) is 19.6 Å². The van der Waals surface area contributed by atoms with E-state index in [1.807, 2.05) is 24.3 Å². The second kappa shape index (κ2) is 9.60. The number of anilines is 1. The molecule has 31 heavy (non-hydrogen) atoms. The van der Waals surface area contributed by atoms with Crippen molar-refractivity contribution in [2.24, 2.45) is 0 Å². The molecule has 1 atom stereocenters. The van der Waals surface area contributed by atoms with Crippen LogP contribution in [0.5, 0.6) is 5.75 Å². The van der Waals surface area contributed by atoms with Gasteiger partial charge in [0.2, 0.25) is 10.0 Å². The first-order valence-corrected chi connectivity index (χ1v) is 12.6. The van der Waals surface area contributed by atoms with E-state index in [2.05, 4.69) is 6.92 Å². The van der Waals surface area contributed by atoms with Gasteiger partial charge in [0.05, 0.1) is 23.8 Å². The lowest BCUT2D eigenvalue weighted by molar-refractivity contribution is -0.120. The van der Waals surface area contributed by atoms with E-state index in [1.54, 1.807) is 28.8 Å². The second-order valence-electron chi connectivity index (χ2n) is 7.51. The number of sulfonamides is 1. The van der Waals surface area contributed by atoms with Crippen LogP contribution in [0, 0.1) is 0 Å². The highest BCUT2D eigenvalue weighted by Gasteiger charge is 2.27. The van der Waals surface area contributed by atoms with E-state index in [-0.39, 0.29) is 17.4 Å². The molecule has 1 fully saturated rings. The standard InChI is InChI=1S/C22H26N2O5S2/c1-17-10-11-24(20-4-2-3-5-21(20)30-17)22(25)16-29-18-6-8-19(9-7-18)31(26,27)23-12-14-28-15-13-23/h2-9,17H,10-16H2,1H3/t17-/m0/s1. The molecule has 2 aliphatic heterocycles. The molecule has 0 spiro atoms. The summed E-state index contributed by atoms with van der Waals surface area (Å²) >= 11 is 1.78. The number of carbonyl (C=O) groups excluding carboxylic acids is 1. The predicted octanol–water partition coefficient (Wildman–Crippen LogP) is 3.00. The summed E-state index contributed by atoms with van der Waals surface area (Å²) in [6.07, 6.45) is 0.902. The van der Waals surface area contributed by atoms with Crippen LogP contribution >= 0.6 is 11.8 Å². The van der Waals surface area contributed by atoms with Crippen molar-refractivity contribution < 1.29 is 22.7 Å². The van der Waals surface area contributed by atoms with Crippen LogP contribution in [0.4, 0.5) is 5.69 Å². The lowest BCUT2D eigenvalue weighted by atomic mass is 10.2. The number of rotatable bonds is 5. The molecule has 0 unspecified atom stereocenters. The summed E-state index contributed by atoms with van der Waals surface area (Å²) in [5.41, 5.74) is 0.914. The molecule has 2 heterocycles. The fourth-order valence-electron chi connectivity index (χ4n) is 3.61. The summed E-state index contributed by atoms with van der Waals surface area (Å²) < 4.78 is 37.8. The first kappa shape index (κ1) is 22.1. The fraction of sp³-hybridized carbons (Fsp3) is 0.409. The number of hydrogen-bond donors (Lipinski definition) is 0. The highest BCUT2D eigenvalue weighted by atomic mass is 32.2. The zero-order chi connectivity index (χ0) is 21.8. The molecule has 9 heteroatoms. The largest absolute Gasteiger partial charge is 0.484 e. The fourth-order valence-corrected chi connectivity index (χ4v) is 6.13. The minimum Gasteiger partial charge on any atom is -0.484 e. The van der Waals surface area contributed by atoms with Crippen molar-refractivity contribution in [2.75, 3.05) is 44.4 Å². The highest BCUT2D eigenvalue weighted by Crippen LogP contribution is 2.37. The number of carbonyl (C=O) groups is 1. The molecule has 2 aromatic rings. The average molecular weight is 463 g/mol. The van der Waals surface area contributed by atoms with Gasteiger partial charge in [-0.1, -0.05) is 19.1 Å². The van der Waals surface area contributed by atoms with Gasteiger partial charge in [0.25, 0.3) is 5.91 Å². The molecule has 4 rings (SSSR count). The van der Waals surface area contributed by atoms with Crippen molar-refractivity contribution in [3.05, 3.63) is 48.5 Å². The number of thioether (sulfide) groups is 1. The van der Waals surface area contributed by atoms with Gasteiger partial charge in [0, 0.05) is 29.8 Å². The monoisotopic (exact) mass is 462 g/mol. The minimum absolute atomic E-state index is 0.108. The molecule has 0 radical (unpaired) electrons. The summed E-state index contributed by atoms with van der Waals surface area (Å²) in [6.45, 7) is 4.21. The Morgan fingerprint density at radius 3 is 2.55 bits per heavy atom. The van der Waals surface area contributed by atoms with Gasteiger partial charge >= 0.3 is 0 Å². The average Bonchev–Trinajstić information content (AvgIpc) is 2.96. The smallest absolute Gasteiger partial charge is 0.264 e. The second-order valence-corrected chi connectivity index (χ2v) is 10.9. The molecule has 0 saturated carbocycles. The Bertz CT molecular complexity index is 1020. The summed E-state index contributed by atoms with van der Waals surface area (Å²) in [5.74, 6) is 0.340. The maximum Gasteiger partial charge on any atom is 0.264 e. The third kappa shape index (κ3) is 5.06. The van der Waals surface area contributed by atoms with Crippen molar-refractivity contribution in [2.45, 2.75) is 28.4 Å². The van der Waals surface area contributed by atoms with E-state index in [0.717, 1.165) is 17.0 Å². The number of fused-ring (bicyclic) bond motifs is 1. The normalized spacial score (nSPS) is 20.0. The molecule has 2 aromatic carbocycles. The van der Waals surface area contributed by atoms with Crippen LogP contribution in [0.25, 0.3) is 0 Å². The molecule has 166 valence electrons. The van der Waals surface area contributed by atoms with Crippen molar-refractivity contribution in [1.82, 2.24) is 4.31 Å². The van der Waals surface area contributed by atoms with Crippen molar-refractivity contribution in [1.29, 1.82) is 0 Å². The van der Waals surface area contributed by atoms with Crippen LogP contribution < -0.4 is 9.64 Å².